The van der Waals surface area contributed by atoms with E-state index in [1.54, 1.807) is 0 Å². The van der Waals surface area contributed by atoms with Gasteiger partial charge in [-0.1, -0.05) is 268 Å². The molecule has 0 rings (SSSR count). The lowest BCUT2D eigenvalue weighted by Crippen LogP contribution is -2.30. The minimum Gasteiger partial charge on any atom is -0.462 e. The highest BCUT2D eigenvalue weighted by Crippen LogP contribution is 2.16. The second-order valence-electron chi connectivity index (χ2n) is 18.8. The number of carbonyl (C=O) groups is 2. The van der Waals surface area contributed by atoms with Crippen molar-refractivity contribution in [3.8, 4) is 0 Å². The van der Waals surface area contributed by atoms with Gasteiger partial charge in [0.15, 0.2) is 6.10 Å². The minimum atomic E-state index is -0.537. The Morgan fingerprint density at radius 3 is 1.12 bits per heavy atom. The topological polar surface area (TPSA) is 61.8 Å². The summed E-state index contributed by atoms with van der Waals surface area (Å²) in [6.45, 7) is 7.74. The molecule has 0 saturated carbocycles. The molecule has 0 saturated heterocycles. The number of hydrogen-bond donors (Lipinski definition) is 0. The van der Waals surface area contributed by atoms with Gasteiger partial charge in [-0.3, -0.25) is 9.59 Å². The molecule has 0 heterocycles. The number of unbranched alkanes of at least 4 members (excludes halogenated alkanes) is 33. The first-order chi connectivity index (χ1) is 31.6. The highest BCUT2D eigenvalue weighted by Gasteiger charge is 2.17. The van der Waals surface area contributed by atoms with E-state index in [1.165, 1.54) is 193 Å². The predicted octanol–water partition coefficient (Wildman–Crippen LogP) is 19.1. The van der Waals surface area contributed by atoms with Crippen molar-refractivity contribution >= 4 is 11.9 Å². The van der Waals surface area contributed by atoms with Crippen LogP contribution < -0.4 is 0 Å². The Balaban J connectivity index is 4.23. The van der Waals surface area contributed by atoms with Crippen molar-refractivity contribution in [2.75, 3.05) is 19.8 Å². The van der Waals surface area contributed by atoms with Crippen LogP contribution in [0.15, 0.2) is 48.6 Å². The third-order valence-electron chi connectivity index (χ3n) is 12.4. The largest absolute Gasteiger partial charge is 0.462 e. The summed E-state index contributed by atoms with van der Waals surface area (Å²) in [6, 6.07) is 0. The molecule has 0 bridgehead atoms. The smallest absolute Gasteiger partial charge is 0.306 e. The van der Waals surface area contributed by atoms with E-state index >= 15 is 0 Å². The van der Waals surface area contributed by atoms with Crippen molar-refractivity contribution in [3.05, 3.63) is 48.6 Å². The number of rotatable bonds is 52. The normalized spacial score (nSPS) is 12.5. The molecule has 1 atom stereocenters. The molecule has 0 aliphatic rings. The molecule has 0 spiro atoms. The molecule has 0 fully saturated rings. The summed E-state index contributed by atoms with van der Waals surface area (Å²) in [4.78, 5) is 25.5. The van der Waals surface area contributed by atoms with Crippen molar-refractivity contribution in [1.82, 2.24) is 0 Å². The molecule has 0 aromatic rings. The van der Waals surface area contributed by atoms with E-state index in [4.69, 9.17) is 14.2 Å². The van der Waals surface area contributed by atoms with E-state index in [0.717, 1.165) is 64.2 Å². The molecule has 0 amide bonds. The third-order valence-corrected chi connectivity index (χ3v) is 12.4. The van der Waals surface area contributed by atoms with Gasteiger partial charge in [-0.25, -0.2) is 0 Å². The van der Waals surface area contributed by atoms with Gasteiger partial charge in [0.1, 0.15) is 6.61 Å². The van der Waals surface area contributed by atoms with E-state index in [-0.39, 0.29) is 25.2 Å². The zero-order chi connectivity index (χ0) is 46.3. The summed E-state index contributed by atoms with van der Waals surface area (Å²) in [5, 5.41) is 0. The molecule has 0 aromatic heterocycles. The summed E-state index contributed by atoms with van der Waals surface area (Å²) in [5.74, 6) is -0.386. The van der Waals surface area contributed by atoms with Gasteiger partial charge < -0.3 is 14.2 Å². The Labute approximate surface area is 399 Å². The zero-order valence-corrected chi connectivity index (χ0v) is 43.1. The quantitative estimate of drug-likeness (QED) is 0.0346. The Hall–Kier alpha value is -2.14. The molecule has 0 aromatic carbocycles. The standard InChI is InChI=1S/C59H108O5/c1-4-7-10-13-16-19-22-25-27-28-29-30-31-33-36-39-42-45-48-51-54-62-55-57(64-59(61)53-50-47-44-41-38-34-24-21-18-15-12-9-6-3)56-63-58(60)52-49-46-43-40-37-35-32-26-23-20-17-14-11-8-5-2/h7,10,16,19,25,27,29-30,57H,4-6,8-9,11-15,17-18,20-24,26,28,31-56H2,1-3H3/b10-7-,19-16-,27-25-,30-29-. The van der Waals surface area contributed by atoms with Gasteiger partial charge in [-0.15, -0.1) is 0 Å². The van der Waals surface area contributed by atoms with E-state index in [2.05, 4.69) is 69.4 Å². The summed E-state index contributed by atoms with van der Waals surface area (Å²) in [5.41, 5.74) is 0. The van der Waals surface area contributed by atoms with Crippen LogP contribution >= 0.6 is 0 Å². The van der Waals surface area contributed by atoms with Gasteiger partial charge >= 0.3 is 11.9 Å². The Kier molecular flexibility index (Phi) is 53.3. The first kappa shape index (κ1) is 61.9. The predicted molar refractivity (Wildman–Crippen MR) is 279 cm³/mol. The number of esters is 2. The van der Waals surface area contributed by atoms with Gasteiger partial charge in [0, 0.05) is 19.4 Å². The Bertz CT molecular complexity index is 1060. The second kappa shape index (κ2) is 55.2. The van der Waals surface area contributed by atoms with Crippen LogP contribution in [0.1, 0.15) is 290 Å². The number of ether oxygens (including phenoxy) is 3. The maximum atomic E-state index is 12.8. The fraction of sp³-hybridized carbons (Fsp3) is 0.831. The van der Waals surface area contributed by atoms with Gasteiger partial charge in [-0.2, -0.15) is 0 Å². The zero-order valence-electron chi connectivity index (χ0n) is 43.1. The van der Waals surface area contributed by atoms with Crippen LogP contribution in [0.4, 0.5) is 0 Å². The van der Waals surface area contributed by atoms with Gasteiger partial charge in [0.05, 0.1) is 6.61 Å². The summed E-state index contributed by atoms with van der Waals surface area (Å²) >= 11 is 0. The van der Waals surface area contributed by atoms with E-state index in [0.29, 0.717) is 19.4 Å². The number of allylic oxidation sites excluding steroid dienone is 8. The average molecular weight is 898 g/mol. The van der Waals surface area contributed by atoms with Crippen LogP contribution in [0.2, 0.25) is 0 Å². The third kappa shape index (κ3) is 52.5. The molecule has 0 aliphatic heterocycles. The molecule has 374 valence electrons. The van der Waals surface area contributed by atoms with Gasteiger partial charge in [0.25, 0.3) is 0 Å². The molecule has 0 N–H and O–H groups in total. The van der Waals surface area contributed by atoms with Crippen LogP contribution in [0.5, 0.6) is 0 Å². The summed E-state index contributed by atoms with van der Waals surface area (Å²) < 4.78 is 17.5. The van der Waals surface area contributed by atoms with Crippen LogP contribution in [0, 0.1) is 0 Å². The molecular weight excluding hydrogens is 789 g/mol. The molecule has 0 aliphatic carbocycles. The lowest BCUT2D eigenvalue weighted by Gasteiger charge is -2.18. The number of hydrogen-bond acceptors (Lipinski definition) is 5. The monoisotopic (exact) mass is 897 g/mol. The van der Waals surface area contributed by atoms with Gasteiger partial charge in [-0.05, 0) is 57.8 Å². The first-order valence-corrected chi connectivity index (χ1v) is 28.2. The van der Waals surface area contributed by atoms with Gasteiger partial charge in [0.2, 0.25) is 0 Å². The van der Waals surface area contributed by atoms with Crippen LogP contribution in [0.3, 0.4) is 0 Å². The summed E-state index contributed by atoms with van der Waals surface area (Å²) in [6.07, 6.45) is 68.4. The second-order valence-corrected chi connectivity index (χ2v) is 18.8. The molecule has 64 heavy (non-hydrogen) atoms. The molecule has 5 heteroatoms. The fourth-order valence-electron chi connectivity index (χ4n) is 8.21. The van der Waals surface area contributed by atoms with Crippen LogP contribution in [-0.2, 0) is 23.8 Å². The van der Waals surface area contributed by atoms with Crippen LogP contribution in [-0.4, -0.2) is 37.9 Å². The lowest BCUT2D eigenvalue weighted by atomic mass is 10.0. The first-order valence-electron chi connectivity index (χ1n) is 28.2. The molecule has 1 unspecified atom stereocenters. The van der Waals surface area contributed by atoms with Crippen molar-refractivity contribution in [3.63, 3.8) is 0 Å². The maximum absolute atomic E-state index is 12.8. The van der Waals surface area contributed by atoms with Crippen molar-refractivity contribution in [1.29, 1.82) is 0 Å². The SMILES string of the molecule is CC/C=C\C/C=C\C/C=C\C/C=C\CCCCCCCCCOCC(COC(=O)CCCCCCCCCCCCCCCCC)OC(=O)CCCCCCCCCCCCCCC. The Morgan fingerprint density at radius 2 is 0.703 bits per heavy atom. The van der Waals surface area contributed by atoms with E-state index in [9.17, 15) is 9.59 Å². The highest BCUT2D eigenvalue weighted by molar-refractivity contribution is 5.70. The molecular formula is C59H108O5. The van der Waals surface area contributed by atoms with Crippen molar-refractivity contribution < 1.29 is 23.8 Å². The average Bonchev–Trinajstić information content (AvgIpc) is 3.30. The minimum absolute atomic E-state index is 0.0861. The molecule has 0 radical (unpaired) electrons. The maximum Gasteiger partial charge on any atom is 0.306 e. The van der Waals surface area contributed by atoms with Crippen LogP contribution in [0.25, 0.3) is 0 Å². The van der Waals surface area contributed by atoms with Crippen molar-refractivity contribution in [2.24, 2.45) is 0 Å². The fourth-order valence-corrected chi connectivity index (χ4v) is 8.21. The highest BCUT2D eigenvalue weighted by atomic mass is 16.6. The van der Waals surface area contributed by atoms with Crippen molar-refractivity contribution in [2.45, 2.75) is 297 Å². The van der Waals surface area contributed by atoms with E-state index in [1.807, 2.05) is 0 Å². The molecule has 5 nitrogen and oxygen atoms in total. The van der Waals surface area contributed by atoms with E-state index < -0.39 is 6.10 Å². The number of carbonyl (C=O) groups excluding carboxylic acids is 2. The Morgan fingerprint density at radius 1 is 0.359 bits per heavy atom. The summed E-state index contributed by atoms with van der Waals surface area (Å²) in [7, 11) is 0. The lowest BCUT2D eigenvalue weighted by molar-refractivity contribution is -0.163.